The van der Waals surface area contributed by atoms with Crippen molar-refractivity contribution >= 4 is 39.8 Å². The van der Waals surface area contributed by atoms with Crippen LogP contribution in [0.5, 0.6) is 0 Å². The lowest BCUT2D eigenvalue weighted by Crippen LogP contribution is -2.17. The monoisotopic (exact) mass is 297 g/mol. The second-order valence-electron chi connectivity index (χ2n) is 4.36. The first-order chi connectivity index (χ1) is 10.2. The fourth-order valence-electron chi connectivity index (χ4n) is 2.04. The highest BCUT2D eigenvalue weighted by Gasteiger charge is 2.15. The zero-order valence-corrected chi connectivity index (χ0v) is 11.6. The summed E-state index contributed by atoms with van der Waals surface area (Å²) in [5.74, 6) is 0.0708. The number of anilines is 1. The van der Waals surface area contributed by atoms with Crippen molar-refractivity contribution in [3.05, 3.63) is 53.9 Å². The van der Waals surface area contributed by atoms with E-state index < -0.39 is 0 Å². The molecule has 4 N–H and O–H groups in total. The van der Waals surface area contributed by atoms with Crippen molar-refractivity contribution in [1.82, 2.24) is 15.2 Å². The third-order valence-corrected chi connectivity index (χ3v) is 3.24. The minimum Gasteiger partial charge on any atom is -0.389 e. The first kappa shape index (κ1) is 13.2. The number of benzene rings is 1. The average molecular weight is 297 g/mol. The van der Waals surface area contributed by atoms with Crippen LogP contribution in [0.15, 0.2) is 42.7 Å². The quantitative estimate of drug-likeness (QED) is 0.641. The van der Waals surface area contributed by atoms with Gasteiger partial charge >= 0.3 is 0 Å². The van der Waals surface area contributed by atoms with Gasteiger partial charge in [-0.1, -0.05) is 30.4 Å². The number of rotatable bonds is 3. The van der Waals surface area contributed by atoms with Crippen LogP contribution in [0.2, 0.25) is 0 Å². The molecule has 0 saturated heterocycles. The molecule has 0 bridgehead atoms. The van der Waals surface area contributed by atoms with E-state index in [0.717, 1.165) is 5.39 Å². The second kappa shape index (κ2) is 5.29. The van der Waals surface area contributed by atoms with Gasteiger partial charge < -0.3 is 11.1 Å². The number of carbonyl (C=O) groups excluding carboxylic acids is 1. The molecular weight excluding hydrogens is 286 g/mol. The lowest BCUT2D eigenvalue weighted by atomic mass is 10.1. The number of nitrogens with two attached hydrogens (primary N) is 1. The average Bonchev–Trinajstić information content (AvgIpc) is 2.95. The lowest BCUT2D eigenvalue weighted by Gasteiger charge is -2.07. The summed E-state index contributed by atoms with van der Waals surface area (Å²) in [4.78, 5) is 16.8. The van der Waals surface area contributed by atoms with Crippen LogP contribution in [0.25, 0.3) is 10.9 Å². The molecular formula is C14H11N5OS. The summed E-state index contributed by atoms with van der Waals surface area (Å²) in [7, 11) is 0. The van der Waals surface area contributed by atoms with Gasteiger partial charge in [0.1, 0.15) is 10.8 Å². The van der Waals surface area contributed by atoms with E-state index in [1.54, 1.807) is 18.3 Å². The van der Waals surface area contributed by atoms with E-state index in [4.69, 9.17) is 18.0 Å². The lowest BCUT2D eigenvalue weighted by molar-refractivity contribution is 0.102. The largest absolute Gasteiger partial charge is 0.389 e. The van der Waals surface area contributed by atoms with Gasteiger partial charge in [0.25, 0.3) is 5.91 Å². The van der Waals surface area contributed by atoms with Crippen molar-refractivity contribution in [3.63, 3.8) is 0 Å². The molecule has 3 aromatic rings. The third-order valence-electron chi connectivity index (χ3n) is 3.02. The van der Waals surface area contributed by atoms with Gasteiger partial charge in [0.05, 0.1) is 22.8 Å². The van der Waals surface area contributed by atoms with Crippen LogP contribution < -0.4 is 11.1 Å². The summed E-state index contributed by atoms with van der Waals surface area (Å²) in [6.45, 7) is 0. The highest BCUT2D eigenvalue weighted by atomic mass is 32.1. The Morgan fingerprint density at radius 3 is 2.86 bits per heavy atom. The Morgan fingerprint density at radius 1 is 1.24 bits per heavy atom. The first-order valence-corrected chi connectivity index (χ1v) is 6.56. The van der Waals surface area contributed by atoms with Gasteiger partial charge in [-0.15, -0.1) is 0 Å². The van der Waals surface area contributed by atoms with E-state index in [2.05, 4.69) is 20.5 Å². The Hall–Kier alpha value is -2.80. The minimum absolute atomic E-state index is 0.162. The number of amides is 1. The maximum atomic E-state index is 12.4. The summed E-state index contributed by atoms with van der Waals surface area (Å²) in [5.41, 5.74) is 7.17. The van der Waals surface area contributed by atoms with Gasteiger partial charge in [-0.3, -0.25) is 14.9 Å². The molecule has 0 spiro atoms. The van der Waals surface area contributed by atoms with E-state index in [1.807, 2.05) is 18.2 Å². The number of hydrogen-bond acceptors (Lipinski definition) is 4. The normalized spacial score (nSPS) is 10.5. The first-order valence-electron chi connectivity index (χ1n) is 6.15. The molecule has 0 aliphatic rings. The van der Waals surface area contributed by atoms with Crippen molar-refractivity contribution < 1.29 is 4.79 Å². The number of nitrogens with one attached hydrogen (secondary N) is 2. The number of fused-ring (bicyclic) bond motifs is 1. The number of pyridine rings is 1. The molecule has 104 valence electrons. The number of nitrogens with zero attached hydrogens (tertiary/aromatic N) is 2. The zero-order chi connectivity index (χ0) is 14.8. The van der Waals surface area contributed by atoms with Crippen molar-refractivity contribution in [2.75, 3.05) is 5.32 Å². The Labute approximate surface area is 125 Å². The highest BCUT2D eigenvalue weighted by Crippen LogP contribution is 2.18. The molecule has 0 saturated carbocycles. The SMILES string of the molecule is NC(=S)c1cn[nH]c1NC(=O)c1cccc2cccnc12. The molecule has 21 heavy (non-hydrogen) atoms. The van der Waals surface area contributed by atoms with Gasteiger partial charge in [0.15, 0.2) is 0 Å². The predicted octanol–water partition coefficient (Wildman–Crippen LogP) is 1.84. The molecule has 1 aromatic carbocycles. The molecule has 2 heterocycles. The van der Waals surface area contributed by atoms with Gasteiger partial charge in [-0.05, 0) is 12.1 Å². The molecule has 0 unspecified atom stereocenters. The second-order valence-corrected chi connectivity index (χ2v) is 4.80. The van der Waals surface area contributed by atoms with Crippen LogP contribution in [-0.2, 0) is 0 Å². The standard InChI is InChI=1S/C14H11N5OS/c15-12(21)10-7-17-19-13(10)18-14(20)9-5-1-3-8-4-2-6-16-11(8)9/h1-7H,(H2,15,21)(H2,17,18,19,20). The van der Waals surface area contributed by atoms with Gasteiger partial charge in [-0.2, -0.15) is 5.10 Å². The summed E-state index contributed by atoms with van der Waals surface area (Å²) >= 11 is 4.90. The van der Waals surface area contributed by atoms with E-state index >= 15 is 0 Å². The van der Waals surface area contributed by atoms with Crippen molar-refractivity contribution in [2.45, 2.75) is 0 Å². The van der Waals surface area contributed by atoms with Crippen molar-refractivity contribution in [1.29, 1.82) is 0 Å². The molecule has 7 heteroatoms. The van der Waals surface area contributed by atoms with Crippen LogP contribution in [0.4, 0.5) is 5.82 Å². The number of thiocarbonyl (C=S) groups is 1. The third kappa shape index (κ3) is 2.46. The van der Waals surface area contributed by atoms with E-state index in [1.165, 1.54) is 6.20 Å². The highest BCUT2D eigenvalue weighted by molar-refractivity contribution is 7.80. The van der Waals surface area contributed by atoms with Crippen LogP contribution in [0, 0.1) is 0 Å². The summed E-state index contributed by atoms with van der Waals surface area (Å²) in [5, 5.41) is 10.1. The number of para-hydroxylation sites is 1. The van der Waals surface area contributed by atoms with E-state index in [-0.39, 0.29) is 10.9 Å². The molecule has 3 rings (SSSR count). The van der Waals surface area contributed by atoms with Crippen LogP contribution in [0.1, 0.15) is 15.9 Å². The number of aromatic nitrogens is 3. The summed E-state index contributed by atoms with van der Waals surface area (Å²) in [6.07, 6.45) is 3.12. The topological polar surface area (TPSA) is 96.7 Å². The Balaban J connectivity index is 1.98. The number of aromatic amines is 1. The fourth-order valence-corrected chi connectivity index (χ4v) is 2.19. The molecule has 1 amide bonds. The van der Waals surface area contributed by atoms with Gasteiger partial charge in [0, 0.05) is 11.6 Å². The number of carbonyl (C=O) groups is 1. The molecule has 0 radical (unpaired) electrons. The molecule has 2 aromatic heterocycles. The van der Waals surface area contributed by atoms with Crippen LogP contribution in [-0.4, -0.2) is 26.1 Å². The van der Waals surface area contributed by atoms with E-state index in [9.17, 15) is 4.79 Å². The molecule has 6 nitrogen and oxygen atoms in total. The number of H-pyrrole nitrogens is 1. The summed E-state index contributed by atoms with van der Waals surface area (Å²) < 4.78 is 0. The smallest absolute Gasteiger partial charge is 0.259 e. The minimum atomic E-state index is -0.305. The maximum absolute atomic E-state index is 12.4. The Bertz CT molecular complexity index is 837. The molecule has 0 fully saturated rings. The number of hydrogen-bond donors (Lipinski definition) is 3. The fraction of sp³-hybridized carbons (Fsp3) is 0. The zero-order valence-electron chi connectivity index (χ0n) is 10.8. The molecule has 0 aliphatic carbocycles. The molecule has 0 atom stereocenters. The van der Waals surface area contributed by atoms with Crippen molar-refractivity contribution in [3.8, 4) is 0 Å². The molecule has 0 aliphatic heterocycles. The Morgan fingerprint density at radius 2 is 2.05 bits per heavy atom. The Kier molecular flexibility index (Phi) is 3.33. The van der Waals surface area contributed by atoms with Crippen molar-refractivity contribution in [2.24, 2.45) is 5.73 Å². The summed E-state index contributed by atoms with van der Waals surface area (Å²) in [6, 6.07) is 9.14. The van der Waals surface area contributed by atoms with Gasteiger partial charge in [-0.25, -0.2) is 0 Å². The van der Waals surface area contributed by atoms with Crippen LogP contribution >= 0.6 is 12.2 Å². The predicted molar refractivity (Wildman–Crippen MR) is 84.2 cm³/mol. The van der Waals surface area contributed by atoms with Crippen LogP contribution in [0.3, 0.4) is 0 Å². The maximum Gasteiger partial charge on any atom is 0.259 e. The van der Waals surface area contributed by atoms with E-state index in [0.29, 0.717) is 22.5 Å². The van der Waals surface area contributed by atoms with Gasteiger partial charge in [0.2, 0.25) is 0 Å².